The van der Waals surface area contributed by atoms with Gasteiger partial charge in [-0.05, 0) is 31.5 Å². The molecule has 0 amide bonds. The molecule has 0 aliphatic carbocycles. The average Bonchev–Trinajstić information content (AvgIpc) is 2.04. The van der Waals surface area contributed by atoms with E-state index in [0.29, 0.717) is 0 Å². The van der Waals surface area contributed by atoms with Crippen molar-refractivity contribution in [2.24, 2.45) is 0 Å². The fraction of sp³-hybridized carbons (Fsp3) is 0.200. The van der Waals surface area contributed by atoms with Crippen molar-refractivity contribution in [3.05, 3.63) is 35.8 Å². The fourth-order valence-corrected chi connectivity index (χ4v) is 1.42. The van der Waals surface area contributed by atoms with E-state index in [1.54, 1.807) is 12.4 Å². The predicted octanol–water partition coefficient (Wildman–Crippen LogP) is 2.25. The van der Waals surface area contributed by atoms with Crippen molar-refractivity contribution in [1.29, 1.82) is 0 Å². The Bertz CT molecular complexity index is 421. The summed E-state index contributed by atoms with van der Waals surface area (Å²) in [6.45, 7) is 4.09. The highest BCUT2D eigenvalue weighted by molar-refractivity contribution is 5.80. The molecule has 0 aliphatic rings. The number of hydrogen-bond acceptors (Lipinski definition) is 2. The third-order valence-electron chi connectivity index (χ3n) is 1.95. The highest BCUT2D eigenvalue weighted by atomic mass is 14.7. The molecule has 0 spiro atoms. The maximum atomic E-state index is 4.37. The Morgan fingerprint density at radius 2 is 2.08 bits per heavy atom. The summed E-state index contributed by atoms with van der Waals surface area (Å²) >= 11 is 0. The molecular formula is C10H10N2. The summed E-state index contributed by atoms with van der Waals surface area (Å²) in [4.78, 5) is 8.41. The van der Waals surface area contributed by atoms with Crippen LogP contribution in [0.1, 0.15) is 11.3 Å². The Kier molecular flexibility index (Phi) is 1.54. The molecule has 0 fully saturated rings. The summed E-state index contributed by atoms with van der Waals surface area (Å²) in [6.07, 6.45) is 3.60. The topological polar surface area (TPSA) is 25.8 Å². The molecule has 0 atom stereocenters. The number of pyridine rings is 2. The van der Waals surface area contributed by atoms with Crippen molar-refractivity contribution in [2.45, 2.75) is 13.8 Å². The van der Waals surface area contributed by atoms with Crippen LogP contribution in [-0.4, -0.2) is 9.97 Å². The second-order valence-electron chi connectivity index (χ2n) is 2.97. The van der Waals surface area contributed by atoms with Gasteiger partial charge in [0.25, 0.3) is 0 Å². The maximum Gasteiger partial charge on any atom is 0.0890 e. The minimum atomic E-state index is 0.981. The zero-order valence-electron chi connectivity index (χ0n) is 7.20. The monoisotopic (exact) mass is 158 g/mol. The zero-order valence-corrected chi connectivity index (χ0v) is 7.20. The van der Waals surface area contributed by atoms with Crippen LogP contribution >= 0.6 is 0 Å². The number of aryl methyl sites for hydroxylation is 2. The van der Waals surface area contributed by atoms with Gasteiger partial charge in [0, 0.05) is 17.3 Å². The van der Waals surface area contributed by atoms with E-state index in [2.05, 4.69) is 23.0 Å². The number of aromatic nitrogens is 2. The number of nitrogens with zero attached hydrogens (tertiary/aromatic N) is 2. The van der Waals surface area contributed by atoms with Crippen molar-refractivity contribution in [3.8, 4) is 0 Å². The van der Waals surface area contributed by atoms with Gasteiger partial charge in [0.2, 0.25) is 0 Å². The summed E-state index contributed by atoms with van der Waals surface area (Å²) in [5, 5.41) is 1.19. The first-order valence-corrected chi connectivity index (χ1v) is 3.95. The molecule has 2 aromatic rings. The van der Waals surface area contributed by atoms with Crippen molar-refractivity contribution in [2.75, 3.05) is 0 Å². The third kappa shape index (κ3) is 1.05. The molecule has 0 unspecified atom stereocenters. The van der Waals surface area contributed by atoms with Crippen molar-refractivity contribution in [3.63, 3.8) is 0 Å². The molecule has 2 heteroatoms. The van der Waals surface area contributed by atoms with Gasteiger partial charge in [-0.2, -0.15) is 0 Å². The van der Waals surface area contributed by atoms with Gasteiger partial charge < -0.3 is 0 Å². The van der Waals surface area contributed by atoms with Gasteiger partial charge in [-0.1, -0.05) is 0 Å². The van der Waals surface area contributed by atoms with E-state index >= 15 is 0 Å². The lowest BCUT2D eigenvalue weighted by molar-refractivity contribution is 1.21. The van der Waals surface area contributed by atoms with E-state index in [9.17, 15) is 0 Å². The molecule has 0 N–H and O–H groups in total. The van der Waals surface area contributed by atoms with Crippen LogP contribution in [0.5, 0.6) is 0 Å². The largest absolute Gasteiger partial charge is 0.262 e. The zero-order chi connectivity index (χ0) is 8.55. The van der Waals surface area contributed by atoms with Gasteiger partial charge >= 0.3 is 0 Å². The van der Waals surface area contributed by atoms with Crippen molar-refractivity contribution < 1.29 is 0 Å². The van der Waals surface area contributed by atoms with E-state index in [1.165, 1.54) is 10.9 Å². The number of hydrogen-bond donors (Lipinski definition) is 0. The minimum absolute atomic E-state index is 0.981. The summed E-state index contributed by atoms with van der Waals surface area (Å²) < 4.78 is 0. The molecule has 0 aliphatic heterocycles. The lowest BCUT2D eigenvalue weighted by Gasteiger charge is -2.01. The van der Waals surface area contributed by atoms with Crippen LogP contribution in [-0.2, 0) is 0 Å². The molecule has 0 radical (unpaired) electrons. The van der Waals surface area contributed by atoms with E-state index < -0.39 is 0 Å². The normalized spacial score (nSPS) is 10.5. The Hall–Kier alpha value is -1.44. The Morgan fingerprint density at radius 3 is 2.92 bits per heavy atom. The molecular weight excluding hydrogens is 148 g/mol. The fourth-order valence-electron chi connectivity index (χ4n) is 1.42. The van der Waals surface area contributed by atoms with E-state index in [4.69, 9.17) is 0 Å². The lowest BCUT2D eigenvalue weighted by Crippen LogP contribution is -1.87. The Labute approximate surface area is 71.3 Å². The van der Waals surface area contributed by atoms with Crippen LogP contribution in [0.2, 0.25) is 0 Å². The minimum Gasteiger partial charge on any atom is -0.262 e. The second-order valence-corrected chi connectivity index (χ2v) is 2.97. The van der Waals surface area contributed by atoms with Gasteiger partial charge in [-0.15, -0.1) is 0 Å². The van der Waals surface area contributed by atoms with Crippen LogP contribution in [0.15, 0.2) is 24.5 Å². The highest BCUT2D eigenvalue weighted by Crippen LogP contribution is 2.15. The van der Waals surface area contributed by atoms with E-state index in [1.807, 2.05) is 13.0 Å². The van der Waals surface area contributed by atoms with E-state index in [-0.39, 0.29) is 0 Å². The smallest absolute Gasteiger partial charge is 0.0890 e. The van der Waals surface area contributed by atoms with E-state index in [0.717, 1.165) is 11.2 Å². The quantitative estimate of drug-likeness (QED) is 0.587. The molecule has 2 nitrogen and oxygen atoms in total. The van der Waals surface area contributed by atoms with Crippen LogP contribution in [0, 0.1) is 13.8 Å². The summed E-state index contributed by atoms with van der Waals surface area (Å²) in [7, 11) is 0. The first-order valence-electron chi connectivity index (χ1n) is 3.95. The molecule has 0 saturated carbocycles. The highest BCUT2D eigenvalue weighted by Gasteiger charge is 1.97. The third-order valence-corrected chi connectivity index (χ3v) is 1.95. The summed E-state index contributed by atoms with van der Waals surface area (Å²) in [5.41, 5.74) is 3.29. The second kappa shape index (κ2) is 2.55. The van der Waals surface area contributed by atoms with Gasteiger partial charge in [0.15, 0.2) is 0 Å². The lowest BCUT2D eigenvalue weighted by atomic mass is 10.1. The average molecular weight is 158 g/mol. The van der Waals surface area contributed by atoms with Crippen LogP contribution < -0.4 is 0 Å². The summed E-state index contributed by atoms with van der Waals surface area (Å²) in [5.74, 6) is 0. The predicted molar refractivity (Wildman–Crippen MR) is 49.0 cm³/mol. The van der Waals surface area contributed by atoms with Gasteiger partial charge in [-0.25, -0.2) is 0 Å². The summed E-state index contributed by atoms with van der Waals surface area (Å²) in [6, 6.07) is 4.08. The molecule has 0 bridgehead atoms. The van der Waals surface area contributed by atoms with Gasteiger partial charge in [0.05, 0.1) is 11.7 Å². The molecule has 12 heavy (non-hydrogen) atoms. The molecule has 0 aromatic carbocycles. The van der Waals surface area contributed by atoms with Crippen LogP contribution in [0.25, 0.3) is 10.9 Å². The van der Waals surface area contributed by atoms with Crippen LogP contribution in [0.4, 0.5) is 0 Å². The maximum absolute atomic E-state index is 4.37. The molecule has 0 saturated heterocycles. The van der Waals surface area contributed by atoms with Crippen LogP contribution in [0.3, 0.4) is 0 Å². The standard InChI is InChI=1S/C10H10N2/c1-7-5-8(2)12-10-6-11-4-3-9(7)10/h3-6H,1-2H3. The molecule has 2 aromatic heterocycles. The molecule has 2 rings (SSSR count). The first-order chi connectivity index (χ1) is 5.77. The number of fused-ring (bicyclic) bond motifs is 1. The van der Waals surface area contributed by atoms with Crippen molar-refractivity contribution >= 4 is 10.9 Å². The van der Waals surface area contributed by atoms with Crippen molar-refractivity contribution in [1.82, 2.24) is 9.97 Å². The van der Waals surface area contributed by atoms with Gasteiger partial charge in [0.1, 0.15) is 0 Å². The molecule has 2 heterocycles. The SMILES string of the molecule is Cc1cc(C)c2ccncc2n1. The first kappa shape index (κ1) is 7.22. The van der Waals surface area contributed by atoms with Gasteiger partial charge in [-0.3, -0.25) is 9.97 Å². The number of rotatable bonds is 0. The Morgan fingerprint density at radius 1 is 1.25 bits per heavy atom. The molecule has 60 valence electrons. The Balaban J connectivity index is 2.89.